The molecule has 0 saturated carbocycles. The second kappa shape index (κ2) is 13.6. The van der Waals surface area contributed by atoms with Gasteiger partial charge in [0.05, 0.1) is 19.8 Å². The van der Waals surface area contributed by atoms with Crippen molar-refractivity contribution < 1.29 is 24.2 Å². The Morgan fingerprint density at radius 1 is 1.09 bits per heavy atom. The predicted molar refractivity (Wildman–Crippen MR) is 131 cm³/mol. The van der Waals surface area contributed by atoms with E-state index in [1.807, 2.05) is 42.5 Å². The van der Waals surface area contributed by atoms with E-state index >= 15 is 0 Å². The summed E-state index contributed by atoms with van der Waals surface area (Å²) in [6, 6.07) is 13.9. The molecule has 0 aromatic heterocycles. The fraction of sp³-hybridized carbons (Fsp3) is 0.481. The number of ether oxygens (including phenoxy) is 2. The maximum Gasteiger partial charge on any atom is 0.303 e. The number of amides is 1. The molecule has 34 heavy (non-hydrogen) atoms. The molecule has 1 aliphatic rings. The number of aryl methyl sites for hydroxylation is 1. The van der Waals surface area contributed by atoms with Crippen molar-refractivity contribution in [3.05, 3.63) is 59.2 Å². The van der Waals surface area contributed by atoms with Crippen molar-refractivity contribution in [3.8, 4) is 11.5 Å². The monoisotopic (exact) mass is 468 g/mol. The number of carbonyl (C=O) groups is 2. The maximum atomic E-state index is 12.6. The fourth-order valence-electron chi connectivity index (χ4n) is 3.95. The molecule has 7 nitrogen and oxygen atoms in total. The van der Waals surface area contributed by atoms with Crippen LogP contribution in [0.3, 0.4) is 0 Å². The Labute approximate surface area is 202 Å². The number of nitrogens with zero attached hydrogens (tertiary/aromatic N) is 1. The lowest BCUT2D eigenvalue weighted by molar-refractivity contribution is -0.137. The van der Waals surface area contributed by atoms with Crippen LogP contribution in [0.15, 0.2) is 42.5 Å². The molecule has 0 radical (unpaired) electrons. The third-order valence-corrected chi connectivity index (χ3v) is 5.72. The maximum absolute atomic E-state index is 12.6. The molecular weight excluding hydrogens is 432 g/mol. The molecule has 1 heterocycles. The van der Waals surface area contributed by atoms with Gasteiger partial charge in [-0.15, -0.1) is 0 Å². The molecule has 2 aromatic rings. The molecule has 0 aliphatic carbocycles. The van der Waals surface area contributed by atoms with Gasteiger partial charge in [-0.1, -0.05) is 31.2 Å². The van der Waals surface area contributed by atoms with E-state index in [-0.39, 0.29) is 18.9 Å². The first kappa shape index (κ1) is 25.6. The first-order valence-corrected chi connectivity index (χ1v) is 12.2. The summed E-state index contributed by atoms with van der Waals surface area (Å²) in [6.07, 6.45) is 4.34. The lowest BCUT2D eigenvalue weighted by atomic mass is 10.0. The molecule has 3 rings (SSSR count). The number of aliphatic carboxylic acids is 1. The first-order valence-electron chi connectivity index (χ1n) is 12.2. The summed E-state index contributed by atoms with van der Waals surface area (Å²) >= 11 is 0. The van der Waals surface area contributed by atoms with Crippen LogP contribution in [0, 0.1) is 0 Å². The van der Waals surface area contributed by atoms with E-state index in [0.717, 1.165) is 53.9 Å². The summed E-state index contributed by atoms with van der Waals surface area (Å²) in [7, 11) is 0. The smallest absolute Gasteiger partial charge is 0.303 e. The lowest BCUT2D eigenvalue weighted by Crippen LogP contribution is -2.37. The van der Waals surface area contributed by atoms with Crippen LogP contribution in [-0.4, -0.2) is 48.2 Å². The molecule has 0 saturated heterocycles. The fourth-order valence-corrected chi connectivity index (χ4v) is 3.95. The number of carbonyl (C=O) groups excluding carboxylic acids is 1. The van der Waals surface area contributed by atoms with Crippen LogP contribution in [0.1, 0.15) is 55.7 Å². The van der Waals surface area contributed by atoms with Gasteiger partial charge in [0.2, 0.25) is 5.91 Å². The van der Waals surface area contributed by atoms with Crippen molar-refractivity contribution in [2.45, 2.75) is 58.5 Å². The molecule has 2 N–H and O–H groups in total. The molecule has 0 unspecified atom stereocenters. The van der Waals surface area contributed by atoms with Gasteiger partial charge in [0.15, 0.2) is 0 Å². The van der Waals surface area contributed by atoms with Crippen molar-refractivity contribution in [1.29, 1.82) is 0 Å². The molecule has 1 amide bonds. The zero-order valence-corrected chi connectivity index (χ0v) is 20.1. The van der Waals surface area contributed by atoms with E-state index in [1.54, 1.807) is 0 Å². The Morgan fingerprint density at radius 2 is 1.88 bits per heavy atom. The molecular formula is C27H36N2O5. The van der Waals surface area contributed by atoms with Crippen molar-refractivity contribution in [2.24, 2.45) is 0 Å². The Kier molecular flexibility index (Phi) is 10.2. The highest BCUT2D eigenvalue weighted by molar-refractivity contribution is 5.78. The highest BCUT2D eigenvalue weighted by Gasteiger charge is 2.16. The second-order valence-electron chi connectivity index (χ2n) is 8.73. The van der Waals surface area contributed by atoms with Crippen molar-refractivity contribution >= 4 is 11.9 Å². The van der Waals surface area contributed by atoms with Crippen LogP contribution in [-0.2, 0) is 29.1 Å². The minimum absolute atomic E-state index is 0.00615. The van der Waals surface area contributed by atoms with Gasteiger partial charge >= 0.3 is 5.97 Å². The molecule has 7 heteroatoms. The highest BCUT2D eigenvalue weighted by atomic mass is 16.5. The van der Waals surface area contributed by atoms with E-state index in [9.17, 15) is 9.59 Å². The van der Waals surface area contributed by atoms with Gasteiger partial charge in [0, 0.05) is 31.6 Å². The van der Waals surface area contributed by atoms with Gasteiger partial charge < -0.3 is 19.9 Å². The minimum atomic E-state index is -0.815. The summed E-state index contributed by atoms with van der Waals surface area (Å²) in [4.78, 5) is 25.8. The van der Waals surface area contributed by atoms with E-state index in [2.05, 4.69) is 17.1 Å². The van der Waals surface area contributed by atoms with E-state index < -0.39 is 5.97 Å². The van der Waals surface area contributed by atoms with Gasteiger partial charge in [0.25, 0.3) is 0 Å². The summed E-state index contributed by atoms with van der Waals surface area (Å²) in [5.74, 6) is 0.832. The molecule has 0 spiro atoms. The van der Waals surface area contributed by atoms with Crippen molar-refractivity contribution in [2.75, 3.05) is 26.3 Å². The van der Waals surface area contributed by atoms with Gasteiger partial charge in [-0.25, -0.2) is 0 Å². The van der Waals surface area contributed by atoms with E-state index in [1.165, 1.54) is 0 Å². The Morgan fingerprint density at radius 3 is 2.65 bits per heavy atom. The van der Waals surface area contributed by atoms with Crippen molar-refractivity contribution in [3.63, 3.8) is 0 Å². The second-order valence-corrected chi connectivity index (χ2v) is 8.73. The van der Waals surface area contributed by atoms with Crippen LogP contribution < -0.4 is 14.8 Å². The van der Waals surface area contributed by atoms with Crippen molar-refractivity contribution in [1.82, 2.24) is 10.2 Å². The lowest BCUT2D eigenvalue weighted by Gasteiger charge is -2.24. The zero-order valence-electron chi connectivity index (χ0n) is 20.1. The van der Waals surface area contributed by atoms with Crippen LogP contribution in [0.4, 0.5) is 0 Å². The Balaban J connectivity index is 1.81. The third-order valence-electron chi connectivity index (χ3n) is 5.72. The summed E-state index contributed by atoms with van der Waals surface area (Å²) < 4.78 is 11.8. The third kappa shape index (κ3) is 8.71. The number of rotatable bonds is 8. The first-order chi connectivity index (χ1) is 16.5. The summed E-state index contributed by atoms with van der Waals surface area (Å²) in [6.45, 7) is 5.45. The quantitative estimate of drug-likeness (QED) is 0.605. The van der Waals surface area contributed by atoms with Gasteiger partial charge in [-0.2, -0.15) is 0 Å². The molecule has 2 aromatic carbocycles. The van der Waals surface area contributed by atoms with Crippen LogP contribution in [0.25, 0.3) is 0 Å². The number of benzene rings is 2. The van der Waals surface area contributed by atoms with Crippen LogP contribution in [0.2, 0.25) is 0 Å². The number of hydrogen-bond donors (Lipinski definition) is 2. The van der Waals surface area contributed by atoms with E-state index in [0.29, 0.717) is 39.3 Å². The Bertz CT molecular complexity index is 929. The summed E-state index contributed by atoms with van der Waals surface area (Å²) in [5.41, 5.74) is 3.01. The van der Waals surface area contributed by atoms with Crippen LogP contribution in [0.5, 0.6) is 11.5 Å². The Hall–Kier alpha value is -3.06. The average molecular weight is 469 g/mol. The standard InChI is InChI=1S/C27H36N2O5/c1-2-15-33-24-10-6-22(7-11-24)18-29-19-23-17-21(9-13-27(31)32)8-12-25(23)34-16-5-3-4-14-28-26(30)20-29/h6-8,10-12,17H,2-5,9,13-16,18-20H2,1H3,(H,28,30)(H,31,32). The normalized spacial score (nSPS) is 15.6. The predicted octanol–water partition coefficient (Wildman–Crippen LogP) is 4.17. The largest absolute Gasteiger partial charge is 0.494 e. The number of carboxylic acid groups (broad SMARTS) is 1. The number of nitrogens with one attached hydrogen (secondary N) is 1. The molecule has 0 atom stereocenters. The van der Waals surface area contributed by atoms with Gasteiger partial charge in [-0.05, 0) is 61.4 Å². The van der Waals surface area contributed by atoms with Crippen LogP contribution >= 0.6 is 0 Å². The average Bonchev–Trinajstić information content (AvgIpc) is 2.83. The minimum Gasteiger partial charge on any atom is -0.494 e. The molecule has 1 aliphatic heterocycles. The highest BCUT2D eigenvalue weighted by Crippen LogP contribution is 2.25. The molecule has 0 bridgehead atoms. The zero-order chi connectivity index (χ0) is 24.2. The number of carboxylic acids is 1. The van der Waals surface area contributed by atoms with Gasteiger partial charge in [-0.3, -0.25) is 14.5 Å². The van der Waals surface area contributed by atoms with E-state index in [4.69, 9.17) is 14.6 Å². The number of fused-ring (bicyclic) bond motifs is 1. The SMILES string of the molecule is CCCOc1ccc(CN2CC(=O)NCCCCCOc3ccc(CCC(=O)O)cc3C2)cc1. The molecule has 184 valence electrons. The topological polar surface area (TPSA) is 88.1 Å². The van der Waals surface area contributed by atoms with Gasteiger partial charge in [0.1, 0.15) is 11.5 Å². The summed E-state index contributed by atoms with van der Waals surface area (Å²) in [5, 5.41) is 12.1. The molecule has 0 fully saturated rings. The number of hydrogen-bond acceptors (Lipinski definition) is 5.